The highest BCUT2D eigenvalue weighted by molar-refractivity contribution is 5.29. The first-order valence-electron chi connectivity index (χ1n) is 7.76. The Kier molecular flexibility index (Phi) is 5.06. The van der Waals surface area contributed by atoms with E-state index in [9.17, 15) is 5.11 Å². The van der Waals surface area contributed by atoms with Crippen LogP contribution in [0.4, 0.5) is 0 Å². The van der Waals surface area contributed by atoms with Gasteiger partial charge in [-0.2, -0.15) is 0 Å². The summed E-state index contributed by atoms with van der Waals surface area (Å²) >= 11 is 0. The average Bonchev–Trinajstić information content (AvgIpc) is 2.92. The Labute approximate surface area is 122 Å². The molecule has 1 aliphatic carbocycles. The molecule has 0 amide bonds. The summed E-state index contributed by atoms with van der Waals surface area (Å²) in [6, 6.07) is 7.79. The number of hydrogen-bond donors (Lipinski definition) is 2. The third kappa shape index (κ3) is 2.99. The van der Waals surface area contributed by atoms with Gasteiger partial charge < -0.3 is 15.6 Å². The van der Waals surface area contributed by atoms with Crippen LogP contribution in [0.1, 0.15) is 51.2 Å². The van der Waals surface area contributed by atoms with Crippen molar-refractivity contribution in [2.24, 2.45) is 17.1 Å². The lowest BCUT2D eigenvalue weighted by Crippen LogP contribution is -2.34. The minimum Gasteiger partial charge on any atom is -0.494 e. The van der Waals surface area contributed by atoms with E-state index < -0.39 is 6.10 Å². The van der Waals surface area contributed by atoms with E-state index in [1.807, 2.05) is 31.2 Å². The summed E-state index contributed by atoms with van der Waals surface area (Å²) in [6.45, 7) is 5.40. The summed E-state index contributed by atoms with van der Waals surface area (Å²) in [5.74, 6) is 1.55. The van der Waals surface area contributed by atoms with Crippen LogP contribution in [0.3, 0.4) is 0 Å². The predicted molar refractivity (Wildman–Crippen MR) is 81.7 cm³/mol. The molecule has 20 heavy (non-hydrogen) atoms. The topological polar surface area (TPSA) is 55.5 Å². The maximum Gasteiger partial charge on any atom is 0.119 e. The smallest absolute Gasteiger partial charge is 0.119 e. The minimum atomic E-state index is -0.472. The van der Waals surface area contributed by atoms with Gasteiger partial charge in [0.1, 0.15) is 5.75 Å². The number of aliphatic hydroxyl groups is 1. The Morgan fingerprint density at radius 1 is 1.35 bits per heavy atom. The van der Waals surface area contributed by atoms with Crippen LogP contribution in [-0.2, 0) is 0 Å². The van der Waals surface area contributed by atoms with Gasteiger partial charge >= 0.3 is 0 Å². The molecule has 112 valence electrons. The van der Waals surface area contributed by atoms with E-state index >= 15 is 0 Å². The fourth-order valence-corrected chi connectivity index (χ4v) is 3.43. The second-order valence-electron chi connectivity index (χ2n) is 5.99. The molecule has 0 aromatic heterocycles. The number of hydrogen-bond acceptors (Lipinski definition) is 3. The molecular weight excluding hydrogens is 250 g/mol. The SMILES string of the molecule is CCOc1ccc(C(O)C2(CN)CCC(CC)C2)cc1. The molecule has 3 unspecified atom stereocenters. The summed E-state index contributed by atoms with van der Waals surface area (Å²) in [5.41, 5.74) is 6.83. The Morgan fingerprint density at radius 3 is 2.55 bits per heavy atom. The monoisotopic (exact) mass is 277 g/mol. The van der Waals surface area contributed by atoms with Gasteiger partial charge in [-0.3, -0.25) is 0 Å². The van der Waals surface area contributed by atoms with E-state index in [1.54, 1.807) is 0 Å². The average molecular weight is 277 g/mol. The molecule has 0 spiro atoms. The lowest BCUT2D eigenvalue weighted by Gasteiger charge is -2.34. The minimum absolute atomic E-state index is 0.145. The van der Waals surface area contributed by atoms with Gasteiger partial charge in [0.05, 0.1) is 12.7 Å². The zero-order chi connectivity index (χ0) is 14.6. The first-order valence-corrected chi connectivity index (χ1v) is 7.76. The van der Waals surface area contributed by atoms with Crippen molar-refractivity contribution in [3.05, 3.63) is 29.8 Å². The molecule has 0 bridgehead atoms. The maximum atomic E-state index is 10.8. The molecule has 3 N–H and O–H groups in total. The molecule has 0 aliphatic heterocycles. The third-order valence-electron chi connectivity index (χ3n) is 4.82. The second kappa shape index (κ2) is 6.59. The van der Waals surface area contributed by atoms with E-state index in [2.05, 4.69) is 6.92 Å². The fourth-order valence-electron chi connectivity index (χ4n) is 3.43. The molecule has 1 aromatic rings. The standard InChI is InChI=1S/C17H27NO2/c1-3-13-9-10-17(11-13,12-18)16(19)14-5-7-15(8-6-14)20-4-2/h5-8,13,16,19H,3-4,9-12,18H2,1-2H3. The van der Waals surface area contributed by atoms with E-state index in [0.29, 0.717) is 19.1 Å². The van der Waals surface area contributed by atoms with Crippen LogP contribution in [-0.4, -0.2) is 18.3 Å². The highest BCUT2D eigenvalue weighted by Crippen LogP contribution is 2.50. The zero-order valence-electron chi connectivity index (χ0n) is 12.6. The van der Waals surface area contributed by atoms with Crippen LogP contribution >= 0.6 is 0 Å². The molecule has 0 heterocycles. The summed E-state index contributed by atoms with van der Waals surface area (Å²) < 4.78 is 5.45. The quantitative estimate of drug-likeness (QED) is 0.839. The summed E-state index contributed by atoms with van der Waals surface area (Å²) in [5, 5.41) is 10.8. The highest BCUT2D eigenvalue weighted by Gasteiger charge is 2.43. The van der Waals surface area contributed by atoms with Crippen molar-refractivity contribution >= 4 is 0 Å². The number of rotatable bonds is 6. The molecular formula is C17H27NO2. The Bertz CT molecular complexity index is 418. The van der Waals surface area contributed by atoms with Gasteiger partial charge in [0.2, 0.25) is 0 Å². The van der Waals surface area contributed by atoms with Gasteiger partial charge in [0, 0.05) is 12.0 Å². The van der Waals surface area contributed by atoms with E-state index in [-0.39, 0.29) is 5.41 Å². The van der Waals surface area contributed by atoms with Gasteiger partial charge in [0.25, 0.3) is 0 Å². The van der Waals surface area contributed by atoms with E-state index in [0.717, 1.165) is 24.2 Å². The number of nitrogens with two attached hydrogens (primary N) is 1. The van der Waals surface area contributed by atoms with Crippen LogP contribution in [0, 0.1) is 11.3 Å². The Balaban J connectivity index is 2.14. The van der Waals surface area contributed by atoms with E-state index in [1.165, 1.54) is 12.8 Å². The number of aliphatic hydroxyl groups excluding tert-OH is 1. The largest absolute Gasteiger partial charge is 0.494 e. The maximum absolute atomic E-state index is 10.8. The Hall–Kier alpha value is -1.06. The van der Waals surface area contributed by atoms with Gasteiger partial charge in [-0.25, -0.2) is 0 Å². The second-order valence-corrected chi connectivity index (χ2v) is 5.99. The molecule has 1 aliphatic rings. The summed E-state index contributed by atoms with van der Waals surface area (Å²) in [6.07, 6.45) is 3.95. The predicted octanol–water partition coefficient (Wildman–Crippen LogP) is 3.27. The highest BCUT2D eigenvalue weighted by atomic mass is 16.5. The van der Waals surface area contributed by atoms with E-state index in [4.69, 9.17) is 10.5 Å². The van der Waals surface area contributed by atoms with Crippen LogP contribution in [0.2, 0.25) is 0 Å². The fraction of sp³-hybridized carbons (Fsp3) is 0.647. The van der Waals surface area contributed by atoms with Crippen molar-refractivity contribution in [3.63, 3.8) is 0 Å². The van der Waals surface area contributed by atoms with Crippen molar-refractivity contribution in [1.82, 2.24) is 0 Å². The third-order valence-corrected chi connectivity index (χ3v) is 4.82. The van der Waals surface area contributed by atoms with Crippen LogP contribution < -0.4 is 10.5 Å². The Morgan fingerprint density at radius 2 is 2.05 bits per heavy atom. The molecule has 0 radical (unpaired) electrons. The lowest BCUT2D eigenvalue weighted by atomic mass is 9.76. The molecule has 1 fully saturated rings. The lowest BCUT2D eigenvalue weighted by molar-refractivity contribution is 0.0301. The first kappa shape index (κ1) is 15.3. The molecule has 3 heteroatoms. The summed E-state index contributed by atoms with van der Waals surface area (Å²) in [7, 11) is 0. The van der Waals surface area contributed by atoms with Gasteiger partial charge in [-0.1, -0.05) is 25.5 Å². The van der Waals surface area contributed by atoms with Gasteiger partial charge in [-0.15, -0.1) is 0 Å². The summed E-state index contributed by atoms with van der Waals surface area (Å²) in [4.78, 5) is 0. The van der Waals surface area contributed by atoms with Crippen molar-refractivity contribution < 1.29 is 9.84 Å². The molecule has 2 rings (SSSR count). The number of benzene rings is 1. The van der Waals surface area contributed by atoms with Gasteiger partial charge in [-0.05, 0) is 49.8 Å². The van der Waals surface area contributed by atoms with Gasteiger partial charge in [0.15, 0.2) is 0 Å². The van der Waals surface area contributed by atoms with Crippen LogP contribution in [0.25, 0.3) is 0 Å². The van der Waals surface area contributed by atoms with Crippen molar-refractivity contribution in [3.8, 4) is 5.75 Å². The zero-order valence-corrected chi connectivity index (χ0v) is 12.6. The molecule has 0 saturated heterocycles. The van der Waals surface area contributed by atoms with Crippen molar-refractivity contribution in [2.45, 2.75) is 45.6 Å². The van der Waals surface area contributed by atoms with Crippen molar-refractivity contribution in [2.75, 3.05) is 13.2 Å². The van der Waals surface area contributed by atoms with Crippen LogP contribution in [0.15, 0.2) is 24.3 Å². The molecule has 3 nitrogen and oxygen atoms in total. The number of ether oxygens (including phenoxy) is 1. The van der Waals surface area contributed by atoms with Crippen molar-refractivity contribution in [1.29, 1.82) is 0 Å². The molecule has 1 aromatic carbocycles. The molecule has 1 saturated carbocycles. The normalized spacial score (nSPS) is 27.5. The van der Waals surface area contributed by atoms with Crippen LogP contribution in [0.5, 0.6) is 5.75 Å². The first-order chi connectivity index (χ1) is 9.65. The molecule has 3 atom stereocenters.